The van der Waals surface area contributed by atoms with Crippen molar-refractivity contribution in [1.29, 1.82) is 0 Å². The zero-order valence-corrected chi connectivity index (χ0v) is 19.2. The number of amides is 2. The van der Waals surface area contributed by atoms with Crippen LogP contribution < -0.4 is 15.4 Å². The second-order valence-corrected chi connectivity index (χ2v) is 9.50. The fourth-order valence-corrected chi connectivity index (χ4v) is 5.03. The molecule has 0 aliphatic heterocycles. The van der Waals surface area contributed by atoms with Crippen LogP contribution in [0.15, 0.2) is 82.6 Å². The molecule has 3 N–H and O–H groups in total. The summed E-state index contributed by atoms with van der Waals surface area (Å²) in [5.41, 5.74) is 6.61. The number of para-hydroxylation sites is 1. The minimum absolute atomic E-state index is 0.196. The molecule has 3 aromatic rings. The number of nitrogens with one attached hydrogen (secondary N) is 1. The van der Waals surface area contributed by atoms with Crippen LogP contribution in [0.4, 0.5) is 11.4 Å². The molecule has 0 unspecified atom stereocenters. The lowest BCUT2D eigenvalue weighted by atomic mass is 10.1. The number of rotatable bonds is 8. The number of primary amides is 1. The van der Waals surface area contributed by atoms with E-state index in [1.807, 2.05) is 6.26 Å². The number of thioether (sulfide) groups is 1. The van der Waals surface area contributed by atoms with Crippen molar-refractivity contribution in [2.45, 2.75) is 16.7 Å². The van der Waals surface area contributed by atoms with E-state index in [4.69, 9.17) is 5.73 Å². The van der Waals surface area contributed by atoms with Gasteiger partial charge in [0.1, 0.15) is 0 Å². The second-order valence-electron chi connectivity index (χ2n) is 6.76. The summed E-state index contributed by atoms with van der Waals surface area (Å²) < 4.78 is 27.5. The van der Waals surface area contributed by atoms with Gasteiger partial charge in [0.2, 0.25) is 0 Å². The molecule has 166 valence electrons. The number of anilines is 2. The van der Waals surface area contributed by atoms with E-state index < -0.39 is 21.8 Å². The zero-order chi connectivity index (χ0) is 23.3. The summed E-state index contributed by atoms with van der Waals surface area (Å²) in [6.45, 7) is 1.97. The minimum atomic E-state index is -3.75. The molecule has 0 saturated carbocycles. The molecule has 0 aliphatic carbocycles. The topological polar surface area (TPSA) is 110 Å². The van der Waals surface area contributed by atoms with Crippen molar-refractivity contribution < 1.29 is 18.0 Å². The molecule has 3 rings (SSSR count). The van der Waals surface area contributed by atoms with Crippen LogP contribution in [0.3, 0.4) is 0 Å². The monoisotopic (exact) mass is 469 g/mol. The van der Waals surface area contributed by atoms with Gasteiger partial charge in [-0.25, -0.2) is 8.42 Å². The molecule has 2 amide bonds. The second kappa shape index (κ2) is 9.88. The lowest BCUT2D eigenvalue weighted by molar-refractivity contribution is 0.100. The Morgan fingerprint density at radius 2 is 1.59 bits per heavy atom. The van der Waals surface area contributed by atoms with Gasteiger partial charge in [-0.1, -0.05) is 12.1 Å². The Hall–Kier alpha value is -3.30. The Morgan fingerprint density at radius 3 is 2.16 bits per heavy atom. The van der Waals surface area contributed by atoms with E-state index in [1.54, 1.807) is 61.5 Å². The Morgan fingerprint density at radius 1 is 0.969 bits per heavy atom. The van der Waals surface area contributed by atoms with Crippen molar-refractivity contribution >= 4 is 45.0 Å². The van der Waals surface area contributed by atoms with Crippen molar-refractivity contribution in [1.82, 2.24) is 0 Å². The maximum atomic E-state index is 13.1. The summed E-state index contributed by atoms with van der Waals surface area (Å²) in [6.07, 6.45) is 1.92. The highest BCUT2D eigenvalue weighted by Gasteiger charge is 2.24. The molecule has 0 spiro atoms. The van der Waals surface area contributed by atoms with E-state index in [0.29, 0.717) is 16.9 Å². The molecule has 3 aromatic carbocycles. The number of carbonyl (C=O) groups is 2. The Labute approximate surface area is 191 Å². The maximum Gasteiger partial charge on any atom is 0.264 e. The first-order valence-corrected chi connectivity index (χ1v) is 12.4. The number of hydrogen-bond acceptors (Lipinski definition) is 5. The molecule has 7 nitrogen and oxygen atoms in total. The zero-order valence-electron chi connectivity index (χ0n) is 17.6. The van der Waals surface area contributed by atoms with Crippen LogP contribution >= 0.6 is 11.8 Å². The molecule has 32 heavy (non-hydrogen) atoms. The van der Waals surface area contributed by atoms with Crippen molar-refractivity contribution in [3.63, 3.8) is 0 Å². The summed E-state index contributed by atoms with van der Waals surface area (Å²) in [5.74, 6) is -1.09. The fraction of sp³-hybridized carbons (Fsp3) is 0.130. The third kappa shape index (κ3) is 4.95. The molecule has 0 heterocycles. The normalized spacial score (nSPS) is 11.1. The molecule has 0 saturated heterocycles. The molecule has 0 atom stereocenters. The van der Waals surface area contributed by atoms with Crippen molar-refractivity contribution in [2.75, 3.05) is 22.4 Å². The van der Waals surface area contributed by atoms with Gasteiger partial charge in [0, 0.05) is 17.0 Å². The van der Waals surface area contributed by atoms with E-state index >= 15 is 0 Å². The highest BCUT2D eigenvalue weighted by molar-refractivity contribution is 7.98. The summed E-state index contributed by atoms with van der Waals surface area (Å²) in [5, 5.41) is 2.66. The smallest absolute Gasteiger partial charge is 0.264 e. The predicted octanol–water partition coefficient (Wildman–Crippen LogP) is 3.97. The first kappa shape index (κ1) is 23.4. The lowest BCUT2D eigenvalue weighted by Crippen LogP contribution is -2.30. The Bertz CT molecular complexity index is 1220. The Kier molecular flexibility index (Phi) is 7.22. The minimum Gasteiger partial charge on any atom is -0.366 e. The van der Waals surface area contributed by atoms with Crippen molar-refractivity contribution in [3.8, 4) is 0 Å². The first-order chi connectivity index (χ1) is 15.3. The average Bonchev–Trinajstić information content (AvgIpc) is 2.80. The lowest BCUT2D eigenvalue weighted by Gasteiger charge is -2.23. The number of sulfonamides is 1. The summed E-state index contributed by atoms with van der Waals surface area (Å²) in [4.78, 5) is 25.3. The average molecular weight is 470 g/mol. The van der Waals surface area contributed by atoms with E-state index in [9.17, 15) is 18.0 Å². The van der Waals surface area contributed by atoms with Gasteiger partial charge in [0.25, 0.3) is 21.8 Å². The number of nitrogens with two attached hydrogens (primary N) is 1. The molecule has 0 fully saturated rings. The number of hydrogen-bond donors (Lipinski definition) is 2. The molecule has 0 aromatic heterocycles. The van der Waals surface area contributed by atoms with Crippen LogP contribution in [-0.2, 0) is 10.0 Å². The standard InChI is InChI=1S/C23H23N3O4S2/c1-3-26(32(29,30)19-14-12-18(31-2)13-15-19)17-10-8-16(9-11-17)23(28)25-21-7-5-4-6-20(21)22(24)27/h4-15H,3H2,1-2H3,(H2,24,27)(H,25,28). The van der Waals surface area contributed by atoms with Crippen LogP contribution in [-0.4, -0.2) is 33.0 Å². The summed E-state index contributed by atoms with van der Waals surface area (Å²) >= 11 is 1.53. The van der Waals surface area contributed by atoms with Crippen LogP contribution in [0, 0.1) is 0 Å². The van der Waals surface area contributed by atoms with Crippen LogP contribution in [0.25, 0.3) is 0 Å². The third-order valence-corrected chi connectivity index (χ3v) is 7.45. The number of nitrogens with zero attached hydrogens (tertiary/aromatic N) is 1. The molecular formula is C23H23N3O4S2. The summed E-state index contributed by atoms with van der Waals surface area (Å²) in [6, 6.07) is 19.4. The number of carbonyl (C=O) groups excluding carboxylic acids is 2. The highest BCUT2D eigenvalue weighted by Crippen LogP contribution is 2.26. The maximum absolute atomic E-state index is 13.1. The highest BCUT2D eigenvalue weighted by atomic mass is 32.2. The molecule has 0 aliphatic rings. The van der Waals surface area contributed by atoms with Crippen LogP contribution in [0.5, 0.6) is 0 Å². The molecular weight excluding hydrogens is 446 g/mol. The summed E-state index contributed by atoms with van der Waals surface area (Å²) in [7, 11) is -3.75. The largest absolute Gasteiger partial charge is 0.366 e. The van der Waals surface area contributed by atoms with Gasteiger partial charge in [0.05, 0.1) is 21.8 Å². The van der Waals surface area contributed by atoms with Crippen molar-refractivity contribution in [3.05, 3.63) is 83.9 Å². The first-order valence-electron chi connectivity index (χ1n) is 9.75. The van der Waals surface area contributed by atoms with Gasteiger partial charge in [0.15, 0.2) is 0 Å². The number of benzene rings is 3. The SMILES string of the molecule is CCN(c1ccc(C(=O)Nc2ccccc2C(N)=O)cc1)S(=O)(=O)c1ccc(SC)cc1. The van der Waals surface area contributed by atoms with Crippen LogP contribution in [0.2, 0.25) is 0 Å². The van der Waals surface area contributed by atoms with E-state index in [1.165, 1.54) is 34.3 Å². The Balaban J connectivity index is 1.83. The van der Waals surface area contributed by atoms with E-state index in [2.05, 4.69) is 5.32 Å². The van der Waals surface area contributed by atoms with E-state index in [0.717, 1.165) is 4.90 Å². The predicted molar refractivity (Wildman–Crippen MR) is 128 cm³/mol. The van der Waals surface area contributed by atoms with Gasteiger partial charge >= 0.3 is 0 Å². The van der Waals surface area contributed by atoms with Gasteiger partial charge in [-0.3, -0.25) is 13.9 Å². The molecule has 0 bridgehead atoms. The van der Waals surface area contributed by atoms with Gasteiger partial charge in [-0.15, -0.1) is 11.8 Å². The third-order valence-electron chi connectivity index (χ3n) is 4.79. The van der Waals surface area contributed by atoms with Crippen LogP contribution in [0.1, 0.15) is 27.6 Å². The molecule has 0 radical (unpaired) electrons. The van der Waals surface area contributed by atoms with Gasteiger partial charge in [-0.05, 0) is 73.8 Å². The fourth-order valence-electron chi connectivity index (χ4n) is 3.15. The van der Waals surface area contributed by atoms with E-state index in [-0.39, 0.29) is 17.0 Å². The van der Waals surface area contributed by atoms with Crippen molar-refractivity contribution in [2.24, 2.45) is 5.73 Å². The van der Waals surface area contributed by atoms with Gasteiger partial charge in [-0.2, -0.15) is 0 Å². The molecule has 9 heteroatoms. The quantitative estimate of drug-likeness (QED) is 0.485. The van der Waals surface area contributed by atoms with Gasteiger partial charge < -0.3 is 11.1 Å².